The topological polar surface area (TPSA) is 50.1 Å². The Bertz CT molecular complexity index is 550. The van der Waals surface area contributed by atoms with E-state index in [0.29, 0.717) is 0 Å². The highest BCUT2D eigenvalue weighted by molar-refractivity contribution is 5.38. The second-order valence-corrected chi connectivity index (χ2v) is 5.11. The Hall–Kier alpha value is -2.02. The maximum Gasteiger partial charge on any atom is 0.128 e. The zero-order chi connectivity index (χ0) is 14.5. The number of pyridine rings is 1. The lowest BCUT2D eigenvalue weighted by molar-refractivity contribution is 0.246. The van der Waals surface area contributed by atoms with E-state index in [1.54, 1.807) is 4.68 Å². The van der Waals surface area contributed by atoms with Gasteiger partial charge in [-0.25, -0.2) is 14.1 Å². The van der Waals surface area contributed by atoms with Crippen LogP contribution in [0, 0.1) is 0 Å². The van der Waals surface area contributed by atoms with Crippen molar-refractivity contribution in [2.45, 2.75) is 13.1 Å². The predicted molar refractivity (Wildman–Crippen MR) is 77.7 cm³/mol. The summed E-state index contributed by atoms with van der Waals surface area (Å²) in [6, 6.07) is 5.98. The Morgan fingerprint density at radius 3 is 2.71 bits per heavy atom. The molecule has 6 nitrogen and oxygen atoms in total. The normalized spacial score (nSPS) is 16.3. The molecule has 2 aromatic rings. The van der Waals surface area contributed by atoms with Crippen LogP contribution in [-0.2, 0) is 13.1 Å². The monoisotopic (exact) mass is 290 g/mol. The molecule has 1 aliphatic heterocycles. The third-order valence-electron chi connectivity index (χ3n) is 3.63. The SMILES string of the molecule is FCCn1cc(CN2CCN(c3ccccn3)CC2)nn1. The molecule has 0 saturated carbocycles. The first-order valence-corrected chi connectivity index (χ1v) is 7.18. The van der Waals surface area contributed by atoms with E-state index in [1.807, 2.05) is 30.6 Å². The van der Waals surface area contributed by atoms with Crippen LogP contribution in [0.4, 0.5) is 10.2 Å². The highest BCUT2D eigenvalue weighted by Crippen LogP contribution is 2.13. The summed E-state index contributed by atoms with van der Waals surface area (Å²) >= 11 is 0. The maximum absolute atomic E-state index is 12.2. The molecule has 0 aliphatic carbocycles. The van der Waals surface area contributed by atoms with Crippen molar-refractivity contribution in [1.82, 2.24) is 24.9 Å². The number of rotatable bonds is 5. The second-order valence-electron chi connectivity index (χ2n) is 5.11. The van der Waals surface area contributed by atoms with Gasteiger partial charge in [-0.05, 0) is 12.1 Å². The quantitative estimate of drug-likeness (QED) is 0.821. The molecule has 0 amide bonds. The van der Waals surface area contributed by atoms with E-state index in [4.69, 9.17) is 0 Å². The smallest absolute Gasteiger partial charge is 0.128 e. The van der Waals surface area contributed by atoms with Crippen LogP contribution in [0.3, 0.4) is 0 Å². The van der Waals surface area contributed by atoms with Gasteiger partial charge >= 0.3 is 0 Å². The van der Waals surface area contributed by atoms with Crippen LogP contribution in [0.2, 0.25) is 0 Å². The van der Waals surface area contributed by atoms with Crippen molar-refractivity contribution in [3.8, 4) is 0 Å². The third kappa shape index (κ3) is 3.55. The van der Waals surface area contributed by atoms with E-state index in [0.717, 1.165) is 44.2 Å². The summed E-state index contributed by atoms with van der Waals surface area (Å²) in [5.74, 6) is 1.03. The molecule has 2 aromatic heterocycles. The highest BCUT2D eigenvalue weighted by atomic mass is 19.1. The molecular formula is C14H19FN6. The molecule has 0 spiro atoms. The Morgan fingerprint density at radius 2 is 2.00 bits per heavy atom. The molecule has 1 fully saturated rings. The van der Waals surface area contributed by atoms with Crippen LogP contribution in [0.15, 0.2) is 30.6 Å². The van der Waals surface area contributed by atoms with Gasteiger partial charge in [-0.15, -0.1) is 5.10 Å². The summed E-state index contributed by atoms with van der Waals surface area (Å²) in [7, 11) is 0. The first-order chi connectivity index (χ1) is 10.3. The highest BCUT2D eigenvalue weighted by Gasteiger charge is 2.18. The molecule has 1 saturated heterocycles. The van der Waals surface area contributed by atoms with Gasteiger partial charge in [0.1, 0.15) is 12.5 Å². The summed E-state index contributed by atoms with van der Waals surface area (Å²) in [4.78, 5) is 9.01. The minimum atomic E-state index is -0.411. The Balaban J connectivity index is 1.51. The first kappa shape index (κ1) is 13.9. The van der Waals surface area contributed by atoms with Gasteiger partial charge in [0.25, 0.3) is 0 Å². The summed E-state index contributed by atoms with van der Waals surface area (Å²) < 4.78 is 13.8. The van der Waals surface area contributed by atoms with E-state index in [1.165, 1.54) is 0 Å². The van der Waals surface area contributed by atoms with Crippen LogP contribution >= 0.6 is 0 Å². The van der Waals surface area contributed by atoms with Gasteiger partial charge in [-0.1, -0.05) is 11.3 Å². The van der Waals surface area contributed by atoms with Crippen LogP contribution < -0.4 is 4.90 Å². The molecule has 0 aromatic carbocycles. The van der Waals surface area contributed by atoms with Crippen molar-refractivity contribution in [1.29, 1.82) is 0 Å². The first-order valence-electron chi connectivity index (χ1n) is 7.18. The van der Waals surface area contributed by atoms with Crippen LogP contribution in [0.1, 0.15) is 5.69 Å². The molecule has 3 heterocycles. The average molecular weight is 290 g/mol. The Kier molecular flexibility index (Phi) is 4.40. The lowest BCUT2D eigenvalue weighted by atomic mass is 10.3. The number of aromatic nitrogens is 4. The minimum Gasteiger partial charge on any atom is -0.354 e. The van der Waals surface area contributed by atoms with Crippen molar-refractivity contribution in [3.63, 3.8) is 0 Å². The predicted octanol–water partition coefficient (Wildman–Crippen LogP) is 0.965. The van der Waals surface area contributed by atoms with Crippen molar-refractivity contribution < 1.29 is 4.39 Å². The van der Waals surface area contributed by atoms with Crippen LogP contribution in [0.5, 0.6) is 0 Å². The number of nitrogens with zero attached hydrogens (tertiary/aromatic N) is 6. The number of hydrogen-bond donors (Lipinski definition) is 0. The van der Waals surface area contributed by atoms with Gasteiger partial charge in [0.2, 0.25) is 0 Å². The Morgan fingerprint density at radius 1 is 1.14 bits per heavy atom. The van der Waals surface area contributed by atoms with E-state index in [9.17, 15) is 4.39 Å². The molecule has 7 heteroatoms. The summed E-state index contributed by atoms with van der Waals surface area (Å²) in [5, 5.41) is 8.00. The zero-order valence-electron chi connectivity index (χ0n) is 11.9. The number of halogens is 1. The number of aryl methyl sites for hydroxylation is 1. The van der Waals surface area contributed by atoms with Crippen LogP contribution in [-0.4, -0.2) is 57.7 Å². The molecule has 112 valence electrons. The molecular weight excluding hydrogens is 271 g/mol. The average Bonchev–Trinajstić information content (AvgIpc) is 2.97. The zero-order valence-corrected chi connectivity index (χ0v) is 11.9. The second kappa shape index (κ2) is 6.62. The van der Waals surface area contributed by atoms with Crippen molar-refractivity contribution in [2.75, 3.05) is 37.8 Å². The van der Waals surface area contributed by atoms with Gasteiger partial charge < -0.3 is 4.90 Å². The molecule has 0 bridgehead atoms. The van der Waals surface area contributed by atoms with Crippen LogP contribution in [0.25, 0.3) is 0 Å². The lowest BCUT2D eigenvalue weighted by Gasteiger charge is -2.34. The number of anilines is 1. The van der Waals surface area contributed by atoms with Crippen molar-refractivity contribution >= 4 is 5.82 Å². The van der Waals surface area contributed by atoms with E-state index in [2.05, 4.69) is 25.1 Å². The molecule has 0 N–H and O–H groups in total. The fraction of sp³-hybridized carbons (Fsp3) is 0.500. The molecule has 3 rings (SSSR count). The molecule has 0 radical (unpaired) electrons. The van der Waals surface area contributed by atoms with Gasteiger partial charge in [-0.3, -0.25) is 4.90 Å². The Labute approximate surface area is 123 Å². The lowest BCUT2D eigenvalue weighted by Crippen LogP contribution is -2.46. The maximum atomic E-state index is 12.2. The summed E-state index contributed by atoms with van der Waals surface area (Å²) in [6.45, 7) is 4.47. The minimum absolute atomic E-state index is 0.278. The molecule has 21 heavy (non-hydrogen) atoms. The summed E-state index contributed by atoms with van der Waals surface area (Å²) in [6.07, 6.45) is 3.65. The standard InChI is InChI=1S/C14H19FN6/c15-4-6-21-12-13(17-18-21)11-19-7-9-20(10-8-19)14-3-1-2-5-16-14/h1-3,5,12H,4,6-11H2. The molecule has 1 aliphatic rings. The van der Waals surface area contributed by atoms with Gasteiger partial charge in [0.05, 0.1) is 12.2 Å². The fourth-order valence-corrected chi connectivity index (χ4v) is 2.51. The van der Waals surface area contributed by atoms with Gasteiger partial charge in [-0.2, -0.15) is 0 Å². The molecule has 0 unspecified atom stereocenters. The molecule has 0 atom stereocenters. The summed E-state index contributed by atoms with van der Waals surface area (Å²) in [5.41, 5.74) is 0.898. The van der Waals surface area contributed by atoms with Crippen molar-refractivity contribution in [3.05, 3.63) is 36.3 Å². The van der Waals surface area contributed by atoms with Gasteiger partial charge in [0, 0.05) is 45.1 Å². The van der Waals surface area contributed by atoms with E-state index in [-0.39, 0.29) is 6.54 Å². The number of alkyl halides is 1. The third-order valence-corrected chi connectivity index (χ3v) is 3.63. The number of piperazine rings is 1. The van der Waals surface area contributed by atoms with Gasteiger partial charge in [0.15, 0.2) is 0 Å². The van der Waals surface area contributed by atoms with E-state index >= 15 is 0 Å². The van der Waals surface area contributed by atoms with Crippen molar-refractivity contribution in [2.24, 2.45) is 0 Å². The largest absolute Gasteiger partial charge is 0.354 e. The van der Waals surface area contributed by atoms with E-state index < -0.39 is 6.67 Å². The fourth-order valence-electron chi connectivity index (χ4n) is 2.51. The number of hydrogen-bond acceptors (Lipinski definition) is 5.